The van der Waals surface area contributed by atoms with E-state index in [2.05, 4.69) is 12.2 Å². The van der Waals surface area contributed by atoms with E-state index >= 15 is 0 Å². The van der Waals surface area contributed by atoms with E-state index in [9.17, 15) is 9.59 Å². The first-order valence-corrected chi connectivity index (χ1v) is 8.52. The molecule has 1 aromatic carbocycles. The molecule has 2 aliphatic heterocycles. The number of hydrogen-bond acceptors (Lipinski definition) is 2. The van der Waals surface area contributed by atoms with Gasteiger partial charge in [0, 0.05) is 36.8 Å². The molecule has 0 spiro atoms. The number of hydrogen-bond donors (Lipinski definition) is 1. The number of likely N-dealkylation sites (tertiary alicyclic amines) is 1. The van der Waals surface area contributed by atoms with Gasteiger partial charge >= 0.3 is 6.03 Å². The summed E-state index contributed by atoms with van der Waals surface area (Å²) in [4.78, 5) is 28.1. The molecule has 0 aromatic heterocycles. The average molecular weight is 336 g/mol. The monoisotopic (exact) mass is 335 g/mol. The van der Waals surface area contributed by atoms with Crippen LogP contribution in [0.15, 0.2) is 24.3 Å². The summed E-state index contributed by atoms with van der Waals surface area (Å²) in [7, 11) is 0. The van der Waals surface area contributed by atoms with Gasteiger partial charge < -0.3 is 15.1 Å². The van der Waals surface area contributed by atoms with E-state index in [-0.39, 0.29) is 18.0 Å². The van der Waals surface area contributed by atoms with Gasteiger partial charge in [0.05, 0.1) is 6.04 Å². The van der Waals surface area contributed by atoms with Crippen LogP contribution in [-0.2, 0) is 4.79 Å². The number of anilines is 1. The molecule has 0 aliphatic carbocycles. The van der Waals surface area contributed by atoms with Crippen LogP contribution in [0.4, 0.5) is 10.5 Å². The van der Waals surface area contributed by atoms with Crippen molar-refractivity contribution in [1.29, 1.82) is 0 Å². The number of benzene rings is 1. The molecule has 2 aliphatic rings. The Morgan fingerprint density at radius 1 is 1.22 bits per heavy atom. The van der Waals surface area contributed by atoms with Crippen molar-refractivity contribution in [3.05, 3.63) is 29.3 Å². The fourth-order valence-electron chi connectivity index (χ4n) is 3.15. The summed E-state index contributed by atoms with van der Waals surface area (Å²) in [5.41, 5.74) is 0.822. The Labute approximate surface area is 141 Å². The Hall–Kier alpha value is -1.75. The molecular formula is C17H22ClN3O2. The third-order valence-electron chi connectivity index (χ3n) is 4.66. The maximum absolute atomic E-state index is 12.3. The van der Waals surface area contributed by atoms with Crippen molar-refractivity contribution < 1.29 is 9.59 Å². The van der Waals surface area contributed by atoms with Crippen molar-refractivity contribution in [3.8, 4) is 0 Å². The fraction of sp³-hybridized carbons (Fsp3) is 0.529. The first kappa shape index (κ1) is 16.1. The minimum absolute atomic E-state index is 0.0323. The average Bonchev–Trinajstić information content (AvgIpc) is 2.89. The second-order valence-corrected chi connectivity index (χ2v) is 6.94. The molecule has 1 atom stereocenters. The van der Waals surface area contributed by atoms with Crippen LogP contribution >= 0.6 is 11.6 Å². The fourth-order valence-corrected chi connectivity index (χ4v) is 3.28. The lowest BCUT2D eigenvalue weighted by Gasteiger charge is -2.31. The number of piperidine rings is 1. The van der Waals surface area contributed by atoms with Gasteiger partial charge in [-0.1, -0.05) is 18.5 Å². The van der Waals surface area contributed by atoms with E-state index in [1.807, 2.05) is 17.0 Å². The van der Waals surface area contributed by atoms with Crippen LogP contribution in [0.1, 0.15) is 26.2 Å². The molecule has 5 nitrogen and oxygen atoms in total. The van der Waals surface area contributed by atoms with E-state index in [0.29, 0.717) is 23.9 Å². The lowest BCUT2D eigenvalue weighted by Crippen LogP contribution is -2.48. The summed E-state index contributed by atoms with van der Waals surface area (Å²) >= 11 is 5.88. The normalized spacial score (nSPS) is 22.5. The van der Waals surface area contributed by atoms with E-state index in [0.717, 1.165) is 31.6 Å². The molecule has 0 unspecified atom stereocenters. The van der Waals surface area contributed by atoms with Crippen LogP contribution in [0.25, 0.3) is 0 Å². The Morgan fingerprint density at radius 3 is 2.52 bits per heavy atom. The van der Waals surface area contributed by atoms with Crippen molar-refractivity contribution in [3.63, 3.8) is 0 Å². The molecule has 23 heavy (non-hydrogen) atoms. The molecule has 0 bridgehead atoms. The zero-order valence-corrected chi connectivity index (χ0v) is 14.1. The highest BCUT2D eigenvalue weighted by Crippen LogP contribution is 2.24. The topological polar surface area (TPSA) is 52.7 Å². The molecule has 2 saturated heterocycles. The van der Waals surface area contributed by atoms with Gasteiger partial charge in [0.1, 0.15) is 0 Å². The third kappa shape index (κ3) is 3.78. The van der Waals surface area contributed by atoms with Crippen LogP contribution in [0.5, 0.6) is 0 Å². The van der Waals surface area contributed by atoms with E-state index in [1.54, 1.807) is 17.0 Å². The largest absolute Gasteiger partial charge is 0.333 e. The predicted octanol–water partition coefficient (Wildman–Crippen LogP) is 2.89. The summed E-state index contributed by atoms with van der Waals surface area (Å²) in [6.45, 7) is 4.33. The summed E-state index contributed by atoms with van der Waals surface area (Å²) < 4.78 is 0. The maximum Gasteiger partial charge on any atom is 0.317 e. The van der Waals surface area contributed by atoms with Crippen LogP contribution < -0.4 is 10.2 Å². The minimum Gasteiger partial charge on any atom is -0.333 e. The SMILES string of the molecule is CC1CCN(C(=O)N[C@@H]2CC(=O)N(c3ccc(Cl)cc3)C2)CC1. The zero-order valence-electron chi connectivity index (χ0n) is 13.3. The number of rotatable bonds is 2. The smallest absolute Gasteiger partial charge is 0.317 e. The molecule has 1 N–H and O–H groups in total. The summed E-state index contributed by atoms with van der Waals surface area (Å²) in [6, 6.07) is 7.01. The van der Waals surface area contributed by atoms with E-state index in [1.165, 1.54) is 0 Å². The molecule has 2 fully saturated rings. The highest BCUT2D eigenvalue weighted by atomic mass is 35.5. The highest BCUT2D eigenvalue weighted by molar-refractivity contribution is 6.30. The molecule has 6 heteroatoms. The number of carbonyl (C=O) groups excluding carboxylic acids is 2. The van der Waals surface area contributed by atoms with Crippen molar-refractivity contribution in [2.45, 2.75) is 32.2 Å². The van der Waals surface area contributed by atoms with Gasteiger partial charge in [0.15, 0.2) is 0 Å². The summed E-state index contributed by atoms with van der Waals surface area (Å²) in [5.74, 6) is 0.720. The lowest BCUT2D eigenvalue weighted by molar-refractivity contribution is -0.117. The number of carbonyl (C=O) groups is 2. The van der Waals surface area contributed by atoms with Crippen molar-refractivity contribution in [2.75, 3.05) is 24.5 Å². The molecule has 1 aromatic rings. The van der Waals surface area contributed by atoms with Crippen molar-refractivity contribution in [2.24, 2.45) is 5.92 Å². The van der Waals surface area contributed by atoms with Gasteiger partial charge in [-0.3, -0.25) is 4.79 Å². The number of halogens is 1. The first-order valence-electron chi connectivity index (χ1n) is 8.14. The van der Waals surface area contributed by atoms with Crippen LogP contribution in [0.3, 0.4) is 0 Å². The second-order valence-electron chi connectivity index (χ2n) is 6.50. The van der Waals surface area contributed by atoms with Gasteiger partial charge in [-0.05, 0) is 43.0 Å². The maximum atomic E-state index is 12.3. The molecule has 3 amide bonds. The van der Waals surface area contributed by atoms with E-state index in [4.69, 9.17) is 11.6 Å². The standard InChI is InChI=1S/C17H22ClN3O2/c1-12-6-8-20(9-7-12)17(23)19-14-10-16(22)21(11-14)15-4-2-13(18)3-5-15/h2-5,12,14H,6-11H2,1H3,(H,19,23)/t14-/m1/s1. The lowest BCUT2D eigenvalue weighted by atomic mass is 10.00. The number of nitrogens with one attached hydrogen (secondary N) is 1. The number of urea groups is 1. The number of amides is 3. The van der Waals surface area contributed by atoms with Gasteiger partial charge in [-0.15, -0.1) is 0 Å². The van der Waals surface area contributed by atoms with Gasteiger partial charge in [0.25, 0.3) is 0 Å². The summed E-state index contributed by atoms with van der Waals surface area (Å²) in [6.07, 6.45) is 2.44. The Kier molecular flexibility index (Phi) is 4.76. The Balaban J connectivity index is 1.57. The quantitative estimate of drug-likeness (QED) is 0.903. The van der Waals surface area contributed by atoms with Crippen molar-refractivity contribution >= 4 is 29.2 Å². The zero-order chi connectivity index (χ0) is 16.4. The number of nitrogens with zero attached hydrogens (tertiary/aromatic N) is 2. The van der Waals surface area contributed by atoms with Gasteiger partial charge in [-0.25, -0.2) is 4.79 Å². The molecule has 2 heterocycles. The van der Waals surface area contributed by atoms with Crippen LogP contribution in [0.2, 0.25) is 5.02 Å². The minimum atomic E-state index is -0.134. The van der Waals surface area contributed by atoms with Crippen molar-refractivity contribution in [1.82, 2.24) is 10.2 Å². The first-order chi connectivity index (χ1) is 11.0. The molecular weight excluding hydrogens is 314 g/mol. The Morgan fingerprint density at radius 2 is 1.87 bits per heavy atom. The predicted molar refractivity (Wildman–Crippen MR) is 90.7 cm³/mol. The molecule has 0 saturated carbocycles. The Bertz CT molecular complexity index is 582. The molecule has 3 rings (SSSR count). The van der Waals surface area contributed by atoms with Crippen LogP contribution in [0, 0.1) is 5.92 Å². The highest BCUT2D eigenvalue weighted by Gasteiger charge is 2.32. The molecule has 124 valence electrons. The third-order valence-corrected chi connectivity index (χ3v) is 4.91. The van der Waals surface area contributed by atoms with Gasteiger partial charge in [-0.2, -0.15) is 0 Å². The summed E-state index contributed by atoms with van der Waals surface area (Å²) in [5, 5.41) is 3.65. The van der Waals surface area contributed by atoms with Crippen LogP contribution in [-0.4, -0.2) is 42.5 Å². The molecule has 0 radical (unpaired) electrons. The van der Waals surface area contributed by atoms with Gasteiger partial charge in [0.2, 0.25) is 5.91 Å². The second kappa shape index (κ2) is 6.79. The van der Waals surface area contributed by atoms with E-state index < -0.39 is 0 Å².